The van der Waals surface area contributed by atoms with Crippen molar-refractivity contribution in [2.75, 3.05) is 18.5 Å². The first-order chi connectivity index (χ1) is 14.9. The number of anilines is 1. The topological polar surface area (TPSA) is 116 Å². The molecule has 1 aromatic heterocycles. The van der Waals surface area contributed by atoms with Crippen LogP contribution in [0.3, 0.4) is 0 Å². The van der Waals surface area contributed by atoms with Crippen LogP contribution in [0.5, 0.6) is 5.75 Å². The first-order valence-electron chi connectivity index (χ1n) is 10.9. The summed E-state index contributed by atoms with van der Waals surface area (Å²) in [4.78, 5) is 27.5. The van der Waals surface area contributed by atoms with Crippen LogP contribution in [-0.2, 0) is 0 Å². The largest absolute Gasteiger partial charge is 0.492 e. The van der Waals surface area contributed by atoms with Gasteiger partial charge in [-0.1, -0.05) is 0 Å². The number of carbonyl (C=O) groups is 1. The maximum Gasteiger partial charge on any atom is 0.343 e. The van der Waals surface area contributed by atoms with E-state index in [1.807, 2.05) is 20.8 Å². The Labute approximate surface area is 181 Å². The predicted molar refractivity (Wildman–Crippen MR) is 115 cm³/mol. The van der Waals surface area contributed by atoms with Crippen molar-refractivity contribution in [3.05, 3.63) is 40.1 Å². The van der Waals surface area contributed by atoms with Crippen LogP contribution in [0, 0.1) is 23.2 Å². The third-order valence-electron chi connectivity index (χ3n) is 6.10. The summed E-state index contributed by atoms with van der Waals surface area (Å²) < 4.78 is 7.28. The van der Waals surface area contributed by atoms with Gasteiger partial charge in [-0.3, -0.25) is 4.57 Å². The van der Waals surface area contributed by atoms with Crippen molar-refractivity contribution in [3.63, 3.8) is 0 Å². The summed E-state index contributed by atoms with van der Waals surface area (Å²) in [6, 6.07) is 6.44. The molecule has 2 unspecified atom stereocenters. The van der Waals surface area contributed by atoms with Gasteiger partial charge in [-0.05, 0) is 70.1 Å². The van der Waals surface area contributed by atoms with E-state index in [4.69, 9.17) is 4.74 Å². The summed E-state index contributed by atoms with van der Waals surface area (Å²) >= 11 is 0. The number of nitrogens with zero attached hydrogens (tertiary/aromatic N) is 4. The molecule has 4 rings (SSSR count). The lowest BCUT2D eigenvalue weighted by molar-refractivity contribution is 0.190. The molecule has 9 heteroatoms. The summed E-state index contributed by atoms with van der Waals surface area (Å²) in [5.41, 5.74) is 0.642. The number of amides is 2. The van der Waals surface area contributed by atoms with Crippen molar-refractivity contribution in [2.45, 2.75) is 52.1 Å². The molecule has 0 spiro atoms. The Hall–Kier alpha value is -3.28. The lowest BCUT2D eigenvalue weighted by atomic mass is 9.94. The Bertz CT molecular complexity index is 1060. The maximum absolute atomic E-state index is 13.4. The number of nitrogens with one attached hydrogen (secondary N) is 2. The van der Waals surface area contributed by atoms with Crippen LogP contribution in [0.4, 0.5) is 10.5 Å². The molecule has 2 aliphatic rings. The number of H-pyrrole nitrogens is 1. The van der Waals surface area contributed by atoms with Crippen LogP contribution in [-0.4, -0.2) is 38.8 Å². The molecule has 1 saturated carbocycles. The van der Waals surface area contributed by atoms with Crippen LogP contribution < -0.4 is 15.7 Å². The zero-order chi connectivity index (χ0) is 22.1. The minimum atomic E-state index is -0.282. The van der Waals surface area contributed by atoms with Crippen LogP contribution >= 0.6 is 0 Å². The lowest BCUT2D eigenvalue weighted by Gasteiger charge is -2.29. The van der Waals surface area contributed by atoms with Gasteiger partial charge < -0.3 is 15.0 Å². The maximum atomic E-state index is 13.4. The molecule has 1 aliphatic heterocycles. The van der Waals surface area contributed by atoms with Crippen molar-refractivity contribution < 1.29 is 9.53 Å². The second-order valence-electron chi connectivity index (χ2n) is 8.46. The summed E-state index contributed by atoms with van der Waals surface area (Å²) in [5, 5.41) is 19.1. The summed E-state index contributed by atoms with van der Waals surface area (Å²) in [6.45, 7) is 6.77. The van der Waals surface area contributed by atoms with Gasteiger partial charge in [-0.25, -0.2) is 14.7 Å². The monoisotopic (exact) mass is 424 g/mol. The van der Waals surface area contributed by atoms with Crippen molar-refractivity contribution in [3.8, 4) is 11.8 Å². The van der Waals surface area contributed by atoms with Gasteiger partial charge in [0.25, 0.3) is 0 Å². The number of benzene rings is 1. The molecule has 164 valence electrons. The Morgan fingerprint density at radius 3 is 2.81 bits per heavy atom. The average Bonchev–Trinajstić information content (AvgIpc) is 3.37. The Kier molecular flexibility index (Phi) is 5.72. The number of hydrogen-bond donors (Lipinski definition) is 2. The SMILES string of the molecule is CCOc1ccc(C#N)cc1NC(=O)N1CCC(C2CC2)C1c1n[nH]c(=O)n1C(C)C. The fraction of sp³-hybridized carbons (Fsp3) is 0.545. The number of likely N-dealkylation sites (tertiary alicyclic amines) is 1. The van der Waals surface area contributed by atoms with Crippen LogP contribution in [0.25, 0.3) is 0 Å². The van der Waals surface area contributed by atoms with Gasteiger partial charge in [0, 0.05) is 12.6 Å². The molecule has 1 aliphatic carbocycles. The van der Waals surface area contributed by atoms with Crippen molar-refractivity contribution in [2.24, 2.45) is 11.8 Å². The number of ether oxygens (including phenoxy) is 1. The van der Waals surface area contributed by atoms with E-state index in [2.05, 4.69) is 21.6 Å². The van der Waals surface area contributed by atoms with E-state index in [0.29, 0.717) is 41.9 Å². The van der Waals surface area contributed by atoms with Gasteiger partial charge in [-0.2, -0.15) is 10.4 Å². The van der Waals surface area contributed by atoms with Crippen molar-refractivity contribution in [1.29, 1.82) is 5.26 Å². The summed E-state index contributed by atoms with van der Waals surface area (Å²) in [7, 11) is 0. The zero-order valence-electron chi connectivity index (χ0n) is 18.1. The minimum Gasteiger partial charge on any atom is -0.492 e. The van der Waals surface area contributed by atoms with Crippen LogP contribution in [0.2, 0.25) is 0 Å². The number of rotatable bonds is 6. The van der Waals surface area contributed by atoms with Gasteiger partial charge >= 0.3 is 11.7 Å². The second kappa shape index (κ2) is 8.46. The standard InChI is InChI=1S/C22H28N6O3/c1-4-31-18-8-5-14(12-23)11-17(18)24-21(29)27-10-9-16(15-6-7-15)19(27)20-25-26-22(30)28(20)13(2)3/h5,8,11,13,15-16,19H,4,6-7,9-10H2,1-3H3,(H,24,29)(H,26,30). The van der Waals surface area contributed by atoms with E-state index in [9.17, 15) is 14.9 Å². The molecule has 9 nitrogen and oxygen atoms in total. The first-order valence-corrected chi connectivity index (χ1v) is 10.9. The van der Waals surface area contributed by atoms with E-state index >= 15 is 0 Å². The molecule has 2 N–H and O–H groups in total. The highest BCUT2D eigenvalue weighted by Crippen LogP contribution is 2.50. The molecule has 0 bridgehead atoms. The molecule has 31 heavy (non-hydrogen) atoms. The summed E-state index contributed by atoms with van der Waals surface area (Å²) in [6.07, 6.45) is 3.16. The van der Waals surface area contributed by atoms with E-state index in [1.54, 1.807) is 27.7 Å². The molecule has 2 amide bonds. The molecule has 2 aromatic rings. The number of hydrogen-bond acceptors (Lipinski definition) is 5. The predicted octanol–water partition coefficient (Wildman–Crippen LogP) is 3.43. The van der Waals surface area contributed by atoms with E-state index in [1.165, 1.54) is 0 Å². The Morgan fingerprint density at radius 2 is 2.16 bits per heavy atom. The van der Waals surface area contributed by atoms with Crippen molar-refractivity contribution >= 4 is 11.7 Å². The number of aromatic amines is 1. The fourth-order valence-electron chi connectivity index (χ4n) is 4.58. The third-order valence-corrected chi connectivity index (χ3v) is 6.10. The zero-order valence-corrected chi connectivity index (χ0v) is 18.1. The quantitative estimate of drug-likeness (QED) is 0.737. The van der Waals surface area contributed by atoms with E-state index < -0.39 is 0 Å². The van der Waals surface area contributed by atoms with Crippen LogP contribution in [0.1, 0.15) is 63.5 Å². The van der Waals surface area contributed by atoms with Gasteiger partial charge in [0.05, 0.1) is 30.0 Å². The minimum absolute atomic E-state index is 0.0662. The molecule has 1 saturated heterocycles. The first kappa shape index (κ1) is 21.0. The Morgan fingerprint density at radius 1 is 1.39 bits per heavy atom. The van der Waals surface area contributed by atoms with E-state index in [0.717, 1.165) is 19.3 Å². The molecule has 0 radical (unpaired) electrons. The van der Waals surface area contributed by atoms with Gasteiger partial charge in [0.1, 0.15) is 5.75 Å². The van der Waals surface area contributed by atoms with Gasteiger partial charge in [0.2, 0.25) is 0 Å². The van der Waals surface area contributed by atoms with E-state index in [-0.39, 0.29) is 29.7 Å². The molecule has 2 heterocycles. The number of urea groups is 1. The van der Waals surface area contributed by atoms with Crippen molar-refractivity contribution in [1.82, 2.24) is 19.7 Å². The molecule has 1 aromatic carbocycles. The third kappa shape index (κ3) is 4.02. The summed E-state index contributed by atoms with van der Waals surface area (Å²) in [5.74, 6) is 1.95. The fourth-order valence-corrected chi connectivity index (χ4v) is 4.58. The highest BCUT2D eigenvalue weighted by atomic mass is 16.5. The Balaban J connectivity index is 1.66. The number of nitriles is 1. The highest BCUT2D eigenvalue weighted by molar-refractivity contribution is 5.91. The highest BCUT2D eigenvalue weighted by Gasteiger charge is 2.48. The second-order valence-corrected chi connectivity index (χ2v) is 8.46. The molecular weight excluding hydrogens is 396 g/mol. The normalized spacial score (nSPS) is 20.7. The molecule has 2 fully saturated rings. The molecular formula is C22H28N6O3. The number of aromatic nitrogens is 3. The molecule has 2 atom stereocenters. The average molecular weight is 425 g/mol. The van der Waals surface area contributed by atoms with Crippen LogP contribution in [0.15, 0.2) is 23.0 Å². The smallest absolute Gasteiger partial charge is 0.343 e. The van der Waals surface area contributed by atoms with Gasteiger partial charge in [-0.15, -0.1) is 0 Å². The number of carbonyl (C=O) groups excluding carboxylic acids is 1. The lowest BCUT2D eigenvalue weighted by Crippen LogP contribution is -2.38. The van der Waals surface area contributed by atoms with Gasteiger partial charge in [0.15, 0.2) is 5.82 Å².